The predicted octanol–water partition coefficient (Wildman–Crippen LogP) is 2.13. The molecule has 0 aliphatic heterocycles. The number of aromatic nitrogens is 1. The van der Waals surface area contributed by atoms with Gasteiger partial charge in [-0.25, -0.2) is 4.98 Å². The van der Waals surface area contributed by atoms with Crippen LogP contribution in [0.3, 0.4) is 0 Å². The average molecular weight is 265 g/mol. The van der Waals surface area contributed by atoms with E-state index in [2.05, 4.69) is 20.9 Å². The lowest BCUT2D eigenvalue weighted by Crippen LogP contribution is -1.99. The van der Waals surface area contributed by atoms with Crippen LogP contribution < -0.4 is 0 Å². The van der Waals surface area contributed by atoms with Crippen LogP contribution in [0.5, 0.6) is 0 Å². The van der Waals surface area contributed by atoms with Crippen LogP contribution in [0.1, 0.15) is 10.4 Å². The Bertz CT molecular complexity index is 382. The quantitative estimate of drug-likeness (QED) is 0.355. The Morgan fingerprint density at radius 1 is 1.69 bits per heavy atom. The van der Waals surface area contributed by atoms with E-state index in [1.54, 1.807) is 0 Å². The molecule has 5 nitrogen and oxygen atoms in total. The summed E-state index contributed by atoms with van der Waals surface area (Å²) in [5.74, 6) is 0. The molecular formula is C6H2BrClN2O3. The first-order chi connectivity index (χ1) is 6.02. The maximum absolute atomic E-state index is 10.7. The zero-order chi connectivity index (χ0) is 10.0. The Hall–Kier alpha value is -1.01. The number of nitro groups is 1. The van der Waals surface area contributed by atoms with Crippen LogP contribution in [-0.2, 0) is 0 Å². The highest BCUT2D eigenvalue weighted by molar-refractivity contribution is 9.10. The van der Waals surface area contributed by atoms with Crippen molar-refractivity contribution < 1.29 is 9.72 Å². The SMILES string of the molecule is O=C(Cl)c1cc(Br)ncc1[N+](=O)[O-]. The van der Waals surface area contributed by atoms with Crippen molar-refractivity contribution in [1.29, 1.82) is 0 Å². The molecule has 0 unspecified atom stereocenters. The van der Waals surface area contributed by atoms with Crippen LogP contribution in [0.2, 0.25) is 0 Å². The predicted molar refractivity (Wildman–Crippen MR) is 48.8 cm³/mol. The summed E-state index contributed by atoms with van der Waals surface area (Å²) in [4.78, 5) is 24.0. The molecule has 1 aromatic heterocycles. The van der Waals surface area contributed by atoms with Crippen molar-refractivity contribution >= 4 is 38.5 Å². The lowest BCUT2D eigenvalue weighted by atomic mass is 10.2. The third-order valence-electron chi connectivity index (χ3n) is 1.26. The van der Waals surface area contributed by atoms with Crippen molar-refractivity contribution in [3.63, 3.8) is 0 Å². The second kappa shape index (κ2) is 3.80. The first-order valence-corrected chi connectivity index (χ1v) is 4.19. The van der Waals surface area contributed by atoms with Gasteiger partial charge >= 0.3 is 0 Å². The molecule has 0 amide bonds. The fourth-order valence-corrected chi connectivity index (χ4v) is 1.21. The molecule has 1 aromatic rings. The smallest absolute Gasteiger partial charge is 0.275 e. The molecule has 7 heteroatoms. The minimum absolute atomic E-state index is 0.173. The van der Waals surface area contributed by atoms with Gasteiger partial charge in [0.1, 0.15) is 16.4 Å². The summed E-state index contributed by atoms with van der Waals surface area (Å²) >= 11 is 8.10. The molecule has 13 heavy (non-hydrogen) atoms. The van der Waals surface area contributed by atoms with Crippen LogP contribution in [0, 0.1) is 10.1 Å². The molecule has 0 aliphatic carbocycles. The molecule has 0 aromatic carbocycles. The molecule has 0 spiro atoms. The second-order valence-electron chi connectivity index (χ2n) is 2.05. The van der Waals surface area contributed by atoms with E-state index in [1.807, 2.05) is 0 Å². The van der Waals surface area contributed by atoms with Gasteiger partial charge in [0, 0.05) is 0 Å². The lowest BCUT2D eigenvalue weighted by Gasteiger charge is -1.96. The molecule has 1 rings (SSSR count). The summed E-state index contributed by atoms with van der Waals surface area (Å²) in [6.45, 7) is 0. The number of rotatable bonds is 2. The zero-order valence-corrected chi connectivity index (χ0v) is 8.37. The zero-order valence-electron chi connectivity index (χ0n) is 6.03. The van der Waals surface area contributed by atoms with Crippen LogP contribution in [-0.4, -0.2) is 15.1 Å². The Morgan fingerprint density at radius 2 is 2.31 bits per heavy atom. The summed E-state index contributed by atoms with van der Waals surface area (Å²) in [6, 6.07) is 1.20. The molecule has 0 fully saturated rings. The highest BCUT2D eigenvalue weighted by Crippen LogP contribution is 2.21. The standard InChI is InChI=1S/C6H2BrClN2O3/c7-5-1-3(6(8)11)4(2-9-5)10(12)13/h1-2H. The van der Waals surface area contributed by atoms with E-state index in [0.717, 1.165) is 6.20 Å². The summed E-state index contributed by atoms with van der Waals surface area (Å²) in [5.41, 5.74) is -0.572. The molecule has 1 heterocycles. The van der Waals surface area contributed by atoms with Gasteiger partial charge in [-0.2, -0.15) is 0 Å². The fraction of sp³-hybridized carbons (Fsp3) is 0. The van der Waals surface area contributed by atoms with Gasteiger partial charge in [-0.15, -0.1) is 0 Å². The molecule has 0 saturated heterocycles. The Labute approximate surface area is 86.0 Å². The summed E-state index contributed by atoms with van der Waals surface area (Å²) in [6.07, 6.45) is 0.972. The Kier molecular flexibility index (Phi) is 2.94. The third-order valence-corrected chi connectivity index (χ3v) is 1.90. The van der Waals surface area contributed by atoms with Crippen molar-refractivity contribution in [3.8, 4) is 0 Å². The first-order valence-electron chi connectivity index (χ1n) is 3.02. The minimum Gasteiger partial charge on any atom is -0.275 e. The number of carbonyl (C=O) groups excluding carboxylic acids is 1. The largest absolute Gasteiger partial charge is 0.299 e. The maximum atomic E-state index is 10.7. The van der Waals surface area contributed by atoms with Crippen LogP contribution in [0.25, 0.3) is 0 Å². The Morgan fingerprint density at radius 3 is 2.77 bits per heavy atom. The van der Waals surface area contributed by atoms with Crippen molar-refractivity contribution in [3.05, 3.63) is 32.5 Å². The number of hydrogen-bond donors (Lipinski definition) is 0. The topological polar surface area (TPSA) is 73.1 Å². The van der Waals surface area contributed by atoms with Crippen LogP contribution in [0.15, 0.2) is 16.9 Å². The minimum atomic E-state index is -0.880. The number of halogens is 2. The van der Waals surface area contributed by atoms with E-state index >= 15 is 0 Å². The van der Waals surface area contributed by atoms with E-state index in [4.69, 9.17) is 11.6 Å². The average Bonchev–Trinajstić information content (AvgIpc) is 2.03. The molecule has 0 aliphatic rings. The molecule has 0 atom stereocenters. The van der Waals surface area contributed by atoms with Gasteiger partial charge < -0.3 is 0 Å². The second-order valence-corrected chi connectivity index (χ2v) is 3.21. The van der Waals surface area contributed by atoms with E-state index < -0.39 is 15.9 Å². The van der Waals surface area contributed by atoms with Gasteiger partial charge in [-0.1, -0.05) is 0 Å². The van der Waals surface area contributed by atoms with Crippen molar-refractivity contribution in [2.45, 2.75) is 0 Å². The highest BCUT2D eigenvalue weighted by atomic mass is 79.9. The number of hydrogen-bond acceptors (Lipinski definition) is 4. The van der Waals surface area contributed by atoms with Gasteiger partial charge in [0.2, 0.25) is 0 Å². The van der Waals surface area contributed by atoms with E-state index in [9.17, 15) is 14.9 Å². The van der Waals surface area contributed by atoms with Crippen molar-refractivity contribution in [2.24, 2.45) is 0 Å². The van der Waals surface area contributed by atoms with Gasteiger partial charge in [0.25, 0.3) is 10.9 Å². The van der Waals surface area contributed by atoms with Crippen molar-refractivity contribution in [1.82, 2.24) is 4.98 Å². The van der Waals surface area contributed by atoms with Gasteiger partial charge in [-0.05, 0) is 33.6 Å². The molecule has 0 bridgehead atoms. The monoisotopic (exact) mass is 264 g/mol. The van der Waals surface area contributed by atoms with E-state index in [1.165, 1.54) is 6.07 Å². The summed E-state index contributed by atoms with van der Waals surface area (Å²) in [7, 11) is 0. The van der Waals surface area contributed by atoms with Gasteiger partial charge in [-0.3, -0.25) is 14.9 Å². The number of nitrogens with zero attached hydrogens (tertiary/aromatic N) is 2. The molecular weight excluding hydrogens is 263 g/mol. The molecule has 68 valence electrons. The maximum Gasteiger partial charge on any atom is 0.299 e. The first kappa shape index (κ1) is 10.1. The molecule has 0 saturated carbocycles. The summed E-state index contributed by atoms with van der Waals surface area (Å²) < 4.78 is 0.321. The Balaban J connectivity index is 3.35. The third kappa shape index (κ3) is 2.22. The number of carbonyl (C=O) groups is 1. The van der Waals surface area contributed by atoms with Crippen molar-refractivity contribution in [2.75, 3.05) is 0 Å². The highest BCUT2D eigenvalue weighted by Gasteiger charge is 2.19. The van der Waals surface area contributed by atoms with Gasteiger partial charge in [0.15, 0.2) is 0 Å². The van der Waals surface area contributed by atoms with Gasteiger partial charge in [0.05, 0.1) is 4.92 Å². The normalized spacial score (nSPS) is 9.69. The summed E-state index contributed by atoms with van der Waals surface area (Å²) in [5, 5.41) is 9.50. The van der Waals surface area contributed by atoms with Crippen LogP contribution in [0.4, 0.5) is 5.69 Å². The molecule has 0 radical (unpaired) electrons. The lowest BCUT2D eigenvalue weighted by molar-refractivity contribution is -0.385. The van der Waals surface area contributed by atoms with E-state index in [0.29, 0.717) is 4.60 Å². The number of pyridine rings is 1. The van der Waals surface area contributed by atoms with Crippen LogP contribution >= 0.6 is 27.5 Å². The fourth-order valence-electron chi connectivity index (χ4n) is 0.726. The molecule has 0 N–H and O–H groups in total. The van der Waals surface area contributed by atoms with E-state index in [-0.39, 0.29) is 5.56 Å².